The summed E-state index contributed by atoms with van der Waals surface area (Å²) in [7, 11) is 0. The van der Waals surface area contributed by atoms with Crippen molar-refractivity contribution in [1.82, 2.24) is 5.32 Å². The average Bonchev–Trinajstić information content (AvgIpc) is 2.42. The van der Waals surface area contributed by atoms with Crippen LogP contribution in [0.2, 0.25) is 0 Å². The van der Waals surface area contributed by atoms with Gasteiger partial charge in [-0.1, -0.05) is 6.07 Å². The van der Waals surface area contributed by atoms with Crippen molar-refractivity contribution in [3.63, 3.8) is 0 Å². The van der Waals surface area contributed by atoms with E-state index in [1.165, 1.54) is 12.1 Å². The second-order valence-corrected chi connectivity index (χ2v) is 5.78. The molecule has 8 heteroatoms. The molecule has 0 radical (unpaired) electrons. The smallest absolute Gasteiger partial charge is 0.407 e. The molecule has 1 aromatic rings. The quantitative estimate of drug-likeness (QED) is 0.409. The number of halogens is 1. The number of carbonyl (C=O) groups is 1. The van der Waals surface area contributed by atoms with E-state index in [1.54, 1.807) is 20.8 Å². The van der Waals surface area contributed by atoms with Gasteiger partial charge in [0.25, 0.3) is 0 Å². The van der Waals surface area contributed by atoms with E-state index in [2.05, 4.69) is 10.7 Å². The number of amides is 1. The van der Waals surface area contributed by atoms with Gasteiger partial charge in [0, 0.05) is 6.54 Å². The number of benzene rings is 1. The summed E-state index contributed by atoms with van der Waals surface area (Å²) in [4.78, 5) is 11.5. The van der Waals surface area contributed by atoms with Crippen molar-refractivity contribution in [2.45, 2.75) is 38.6 Å². The maximum absolute atomic E-state index is 13.5. The number of hydrogen-bond donors (Lipinski definition) is 5. The second kappa shape index (κ2) is 7.39. The number of hydrazine groups is 1. The summed E-state index contributed by atoms with van der Waals surface area (Å²) in [6, 6.07) is 3.80. The topological polar surface area (TPSA) is 117 Å². The van der Waals surface area contributed by atoms with Crippen LogP contribution >= 0.6 is 0 Å². The Morgan fingerprint density at radius 2 is 2.05 bits per heavy atom. The molecule has 2 atom stereocenters. The monoisotopic (exact) mass is 315 g/mol. The number of nitrogens with one attached hydrogen (secondary N) is 2. The molecule has 0 aliphatic rings. The first-order valence-corrected chi connectivity index (χ1v) is 6.73. The van der Waals surface area contributed by atoms with Crippen LogP contribution in [0.1, 0.15) is 32.4 Å². The van der Waals surface area contributed by atoms with Crippen LogP contribution in [0.4, 0.5) is 14.9 Å². The van der Waals surface area contributed by atoms with Gasteiger partial charge in [0.05, 0.1) is 5.69 Å². The summed E-state index contributed by atoms with van der Waals surface area (Å²) in [6.45, 7) is 4.86. The number of ether oxygens (including phenoxy) is 1. The SMILES string of the molecule is CC(C)(C)OC(=O)NCC(O)C(O)c1ccc(NN)c(F)c1. The number of carbonyl (C=O) groups excluding carboxylic acids is 1. The number of alkyl carbamates (subject to hydrolysis) is 1. The standard InChI is InChI=1S/C14H22FN3O4/c1-14(2,3)22-13(21)17-7-11(19)12(20)8-4-5-10(18-16)9(15)6-8/h4-6,11-12,18-20H,7,16H2,1-3H3,(H,17,21). The lowest BCUT2D eigenvalue weighted by Gasteiger charge is -2.22. The first kappa shape index (κ1) is 18.1. The Kier molecular flexibility index (Phi) is 6.10. The molecule has 0 saturated carbocycles. The lowest BCUT2D eigenvalue weighted by Crippen LogP contribution is -2.38. The molecule has 0 spiro atoms. The summed E-state index contributed by atoms with van der Waals surface area (Å²) >= 11 is 0. The van der Waals surface area contributed by atoms with E-state index in [9.17, 15) is 19.4 Å². The fraction of sp³-hybridized carbons (Fsp3) is 0.500. The molecule has 0 heterocycles. The molecule has 0 aromatic heterocycles. The minimum atomic E-state index is -1.36. The fourth-order valence-electron chi connectivity index (χ4n) is 1.67. The van der Waals surface area contributed by atoms with E-state index in [0.717, 1.165) is 6.07 Å². The Balaban J connectivity index is 2.60. The number of aliphatic hydroxyl groups is 2. The van der Waals surface area contributed by atoms with Gasteiger partial charge in [-0.3, -0.25) is 5.84 Å². The van der Waals surface area contributed by atoms with Gasteiger partial charge in [0.1, 0.15) is 23.6 Å². The van der Waals surface area contributed by atoms with E-state index in [1.807, 2.05) is 0 Å². The van der Waals surface area contributed by atoms with E-state index in [4.69, 9.17) is 10.6 Å². The van der Waals surface area contributed by atoms with Crippen LogP contribution in [0.3, 0.4) is 0 Å². The van der Waals surface area contributed by atoms with Crippen molar-refractivity contribution < 1.29 is 24.1 Å². The van der Waals surface area contributed by atoms with E-state index >= 15 is 0 Å². The van der Waals surface area contributed by atoms with Crippen LogP contribution in [-0.2, 0) is 4.74 Å². The molecule has 6 N–H and O–H groups in total. The number of nitrogens with two attached hydrogens (primary N) is 1. The number of nitrogen functional groups attached to an aromatic ring is 1. The fourth-order valence-corrected chi connectivity index (χ4v) is 1.67. The van der Waals surface area contributed by atoms with Crippen LogP contribution in [0.25, 0.3) is 0 Å². The molecule has 0 fully saturated rings. The summed E-state index contributed by atoms with van der Waals surface area (Å²) < 4.78 is 18.5. The van der Waals surface area contributed by atoms with Crippen molar-refractivity contribution in [3.8, 4) is 0 Å². The molecule has 0 saturated heterocycles. The van der Waals surface area contributed by atoms with Crippen molar-refractivity contribution in [1.29, 1.82) is 0 Å². The molecular weight excluding hydrogens is 293 g/mol. The van der Waals surface area contributed by atoms with Gasteiger partial charge in [0.15, 0.2) is 0 Å². The Hall–Kier alpha value is -1.90. The maximum Gasteiger partial charge on any atom is 0.407 e. The predicted octanol–water partition coefficient (Wildman–Crippen LogP) is 1.03. The first-order valence-electron chi connectivity index (χ1n) is 6.73. The molecule has 1 amide bonds. The van der Waals surface area contributed by atoms with E-state index < -0.39 is 29.7 Å². The Labute approximate surface area is 128 Å². The van der Waals surface area contributed by atoms with Crippen LogP contribution in [0, 0.1) is 5.82 Å². The highest BCUT2D eigenvalue weighted by molar-refractivity contribution is 5.67. The number of anilines is 1. The van der Waals surface area contributed by atoms with Gasteiger partial charge in [0.2, 0.25) is 0 Å². The molecule has 22 heavy (non-hydrogen) atoms. The highest BCUT2D eigenvalue weighted by Gasteiger charge is 2.22. The third-order valence-electron chi connectivity index (χ3n) is 2.71. The van der Waals surface area contributed by atoms with Gasteiger partial charge < -0.3 is 25.7 Å². The number of aliphatic hydroxyl groups excluding tert-OH is 2. The largest absolute Gasteiger partial charge is 0.444 e. The van der Waals surface area contributed by atoms with Crippen molar-refractivity contribution in [2.75, 3.05) is 12.0 Å². The highest BCUT2D eigenvalue weighted by Crippen LogP contribution is 2.22. The molecular formula is C14H22FN3O4. The highest BCUT2D eigenvalue weighted by atomic mass is 19.1. The van der Waals surface area contributed by atoms with Crippen LogP contribution < -0.4 is 16.6 Å². The first-order chi connectivity index (χ1) is 10.1. The third kappa shape index (κ3) is 5.47. The van der Waals surface area contributed by atoms with Crippen LogP contribution in [0.15, 0.2) is 18.2 Å². The summed E-state index contributed by atoms with van der Waals surface area (Å²) in [6.07, 6.45) is -3.40. The summed E-state index contributed by atoms with van der Waals surface area (Å²) in [5, 5.41) is 22.1. The zero-order chi connectivity index (χ0) is 16.9. The molecule has 2 unspecified atom stereocenters. The molecule has 0 aliphatic heterocycles. The second-order valence-electron chi connectivity index (χ2n) is 5.78. The molecule has 7 nitrogen and oxygen atoms in total. The molecule has 1 rings (SSSR count). The maximum atomic E-state index is 13.5. The van der Waals surface area contributed by atoms with Crippen molar-refractivity contribution in [3.05, 3.63) is 29.6 Å². The minimum absolute atomic E-state index is 0.0670. The van der Waals surface area contributed by atoms with Gasteiger partial charge in [-0.25, -0.2) is 9.18 Å². The Morgan fingerprint density at radius 1 is 1.41 bits per heavy atom. The zero-order valence-electron chi connectivity index (χ0n) is 12.8. The van der Waals surface area contributed by atoms with Gasteiger partial charge in [-0.2, -0.15) is 0 Å². The van der Waals surface area contributed by atoms with Crippen LogP contribution in [-0.4, -0.2) is 34.6 Å². The zero-order valence-corrected chi connectivity index (χ0v) is 12.8. The van der Waals surface area contributed by atoms with Gasteiger partial charge in [-0.15, -0.1) is 0 Å². The lowest BCUT2D eigenvalue weighted by molar-refractivity contribution is 0.0128. The lowest BCUT2D eigenvalue weighted by atomic mass is 10.0. The normalized spacial score (nSPS) is 14.1. The van der Waals surface area contributed by atoms with Crippen molar-refractivity contribution >= 4 is 11.8 Å². The average molecular weight is 315 g/mol. The predicted molar refractivity (Wildman–Crippen MR) is 79.4 cm³/mol. The van der Waals surface area contributed by atoms with Crippen LogP contribution in [0.5, 0.6) is 0 Å². The summed E-state index contributed by atoms with van der Waals surface area (Å²) in [5.74, 6) is 4.44. The Bertz CT molecular complexity index is 519. The number of rotatable bonds is 5. The molecule has 0 bridgehead atoms. The van der Waals surface area contributed by atoms with Gasteiger partial charge >= 0.3 is 6.09 Å². The Morgan fingerprint density at radius 3 is 2.55 bits per heavy atom. The summed E-state index contributed by atoms with van der Waals surface area (Å²) in [5.41, 5.74) is 1.72. The van der Waals surface area contributed by atoms with Crippen molar-refractivity contribution in [2.24, 2.45) is 5.84 Å². The molecule has 1 aromatic carbocycles. The minimum Gasteiger partial charge on any atom is -0.444 e. The van der Waals surface area contributed by atoms with E-state index in [-0.39, 0.29) is 17.8 Å². The molecule has 0 aliphatic carbocycles. The van der Waals surface area contributed by atoms with E-state index in [0.29, 0.717) is 0 Å². The third-order valence-corrected chi connectivity index (χ3v) is 2.71. The number of hydrogen-bond acceptors (Lipinski definition) is 6. The van der Waals surface area contributed by atoms with Gasteiger partial charge in [-0.05, 0) is 38.5 Å². The molecule has 124 valence electrons.